The normalized spacial score (nSPS) is 11.1. The first-order chi connectivity index (χ1) is 13.0. The minimum atomic E-state index is -0.412. The SMILES string of the molecule is COC(=O)c1ccn2c(Cl)c(-c3ccccc3-c3cn(C)nc3C)nc2c1. The second kappa shape index (κ2) is 6.55. The summed E-state index contributed by atoms with van der Waals surface area (Å²) in [7, 11) is 3.24. The molecule has 0 aliphatic rings. The summed E-state index contributed by atoms with van der Waals surface area (Å²) in [5, 5.41) is 4.92. The number of benzene rings is 1. The lowest BCUT2D eigenvalue weighted by Gasteiger charge is -2.07. The summed E-state index contributed by atoms with van der Waals surface area (Å²) in [5.41, 5.74) is 5.51. The number of aryl methyl sites for hydroxylation is 2. The Morgan fingerprint density at radius 1 is 1.15 bits per heavy atom. The van der Waals surface area contributed by atoms with Crippen LogP contribution in [0.3, 0.4) is 0 Å². The molecule has 4 aromatic rings. The lowest BCUT2D eigenvalue weighted by atomic mass is 9.99. The number of halogens is 1. The van der Waals surface area contributed by atoms with E-state index in [-0.39, 0.29) is 0 Å². The van der Waals surface area contributed by atoms with Crippen molar-refractivity contribution in [1.82, 2.24) is 19.2 Å². The number of nitrogens with zero attached hydrogens (tertiary/aromatic N) is 4. The molecule has 0 N–H and O–H groups in total. The first-order valence-electron chi connectivity index (χ1n) is 8.35. The highest BCUT2D eigenvalue weighted by atomic mass is 35.5. The zero-order chi connectivity index (χ0) is 19.1. The molecule has 0 spiro atoms. The third-order valence-electron chi connectivity index (χ3n) is 4.47. The molecule has 0 unspecified atom stereocenters. The van der Waals surface area contributed by atoms with E-state index in [4.69, 9.17) is 16.3 Å². The van der Waals surface area contributed by atoms with Crippen molar-refractivity contribution in [3.05, 3.63) is 65.2 Å². The van der Waals surface area contributed by atoms with Crippen molar-refractivity contribution in [3.8, 4) is 22.4 Å². The molecule has 136 valence electrons. The molecule has 0 radical (unpaired) electrons. The minimum Gasteiger partial charge on any atom is -0.465 e. The molecule has 4 rings (SSSR count). The van der Waals surface area contributed by atoms with E-state index in [1.54, 1.807) is 27.4 Å². The monoisotopic (exact) mass is 380 g/mol. The molecule has 3 aromatic heterocycles. The van der Waals surface area contributed by atoms with Gasteiger partial charge in [0.2, 0.25) is 0 Å². The summed E-state index contributed by atoms with van der Waals surface area (Å²) in [6.07, 6.45) is 3.70. The summed E-state index contributed by atoms with van der Waals surface area (Å²) in [5.74, 6) is -0.412. The van der Waals surface area contributed by atoms with Gasteiger partial charge in [0.15, 0.2) is 0 Å². The third-order valence-corrected chi connectivity index (χ3v) is 4.84. The molecule has 6 nitrogen and oxygen atoms in total. The van der Waals surface area contributed by atoms with Crippen LogP contribution in [-0.2, 0) is 11.8 Å². The maximum absolute atomic E-state index is 11.8. The number of ether oxygens (including phenoxy) is 1. The van der Waals surface area contributed by atoms with Crippen LogP contribution in [0, 0.1) is 6.92 Å². The second-order valence-electron chi connectivity index (χ2n) is 6.23. The lowest BCUT2D eigenvalue weighted by molar-refractivity contribution is 0.0600. The van der Waals surface area contributed by atoms with E-state index in [0.717, 1.165) is 22.4 Å². The topological polar surface area (TPSA) is 61.4 Å². The largest absolute Gasteiger partial charge is 0.465 e. The van der Waals surface area contributed by atoms with E-state index in [0.29, 0.717) is 22.1 Å². The van der Waals surface area contributed by atoms with Crippen LogP contribution >= 0.6 is 11.6 Å². The number of imidazole rings is 1. The molecule has 0 bridgehead atoms. The van der Waals surface area contributed by atoms with Gasteiger partial charge in [-0.05, 0) is 24.6 Å². The van der Waals surface area contributed by atoms with Crippen LogP contribution in [0.4, 0.5) is 0 Å². The quantitative estimate of drug-likeness (QED) is 0.501. The van der Waals surface area contributed by atoms with Gasteiger partial charge in [-0.15, -0.1) is 0 Å². The Morgan fingerprint density at radius 2 is 1.89 bits per heavy atom. The number of hydrogen-bond donors (Lipinski definition) is 0. The minimum absolute atomic E-state index is 0.412. The molecule has 0 saturated heterocycles. The van der Waals surface area contributed by atoms with Gasteiger partial charge in [0, 0.05) is 30.6 Å². The summed E-state index contributed by atoms with van der Waals surface area (Å²) >= 11 is 6.63. The van der Waals surface area contributed by atoms with Crippen molar-refractivity contribution in [3.63, 3.8) is 0 Å². The summed E-state index contributed by atoms with van der Waals surface area (Å²) in [4.78, 5) is 16.5. The third kappa shape index (κ3) is 2.88. The van der Waals surface area contributed by atoms with Crippen molar-refractivity contribution >= 4 is 23.2 Å². The van der Waals surface area contributed by atoms with Crippen LogP contribution in [0.5, 0.6) is 0 Å². The van der Waals surface area contributed by atoms with Gasteiger partial charge in [-0.1, -0.05) is 35.9 Å². The van der Waals surface area contributed by atoms with Crippen molar-refractivity contribution in [1.29, 1.82) is 0 Å². The number of rotatable bonds is 3. The predicted octanol–water partition coefficient (Wildman–Crippen LogP) is 4.15. The lowest BCUT2D eigenvalue weighted by Crippen LogP contribution is -2.01. The molecule has 0 aliphatic carbocycles. The highest BCUT2D eigenvalue weighted by Gasteiger charge is 2.19. The van der Waals surface area contributed by atoms with Crippen LogP contribution in [-0.4, -0.2) is 32.2 Å². The van der Waals surface area contributed by atoms with E-state index in [2.05, 4.69) is 10.1 Å². The first kappa shape index (κ1) is 17.3. The fourth-order valence-corrected chi connectivity index (χ4v) is 3.51. The Morgan fingerprint density at radius 3 is 2.56 bits per heavy atom. The number of esters is 1. The standard InChI is InChI=1S/C20H17ClN4O2/c1-12-16(11-24(2)23-12)14-6-4-5-7-15(14)18-19(21)25-9-8-13(20(26)27-3)10-17(25)22-18/h4-11H,1-3H3. The van der Waals surface area contributed by atoms with Crippen LogP contribution in [0.2, 0.25) is 5.15 Å². The molecule has 0 aliphatic heterocycles. The molecule has 3 heterocycles. The Labute approximate surface area is 161 Å². The van der Waals surface area contributed by atoms with Gasteiger partial charge in [-0.2, -0.15) is 5.10 Å². The number of fused-ring (bicyclic) bond motifs is 1. The average molecular weight is 381 g/mol. The number of hydrogen-bond acceptors (Lipinski definition) is 4. The molecule has 27 heavy (non-hydrogen) atoms. The van der Waals surface area contributed by atoms with Gasteiger partial charge in [0.25, 0.3) is 0 Å². The Bertz CT molecular complexity index is 1180. The number of carbonyl (C=O) groups excluding carboxylic acids is 1. The zero-order valence-electron chi connectivity index (χ0n) is 15.1. The molecule has 0 saturated carbocycles. The zero-order valence-corrected chi connectivity index (χ0v) is 15.9. The number of carbonyl (C=O) groups is 1. The van der Waals surface area contributed by atoms with Crippen molar-refractivity contribution in [2.75, 3.05) is 7.11 Å². The Hall–Kier alpha value is -3.12. The number of methoxy groups -OCH3 is 1. The smallest absolute Gasteiger partial charge is 0.338 e. The first-order valence-corrected chi connectivity index (χ1v) is 8.73. The molecule has 0 fully saturated rings. The van der Waals surface area contributed by atoms with Gasteiger partial charge in [-0.3, -0.25) is 9.08 Å². The van der Waals surface area contributed by atoms with Crippen LogP contribution in [0.1, 0.15) is 16.1 Å². The van der Waals surface area contributed by atoms with Crippen molar-refractivity contribution in [2.45, 2.75) is 6.92 Å². The van der Waals surface area contributed by atoms with Crippen molar-refractivity contribution in [2.24, 2.45) is 7.05 Å². The summed E-state index contributed by atoms with van der Waals surface area (Å²) < 4.78 is 8.31. The molecule has 1 aromatic carbocycles. The van der Waals surface area contributed by atoms with Crippen LogP contribution in [0.25, 0.3) is 28.0 Å². The van der Waals surface area contributed by atoms with Gasteiger partial charge in [0.1, 0.15) is 16.5 Å². The molecular weight excluding hydrogens is 364 g/mol. The Kier molecular flexibility index (Phi) is 4.20. The maximum Gasteiger partial charge on any atom is 0.338 e. The van der Waals surface area contributed by atoms with Gasteiger partial charge in [0.05, 0.1) is 18.4 Å². The van der Waals surface area contributed by atoms with Crippen molar-refractivity contribution < 1.29 is 9.53 Å². The fourth-order valence-electron chi connectivity index (χ4n) is 3.22. The summed E-state index contributed by atoms with van der Waals surface area (Å²) in [6, 6.07) is 11.3. The highest BCUT2D eigenvalue weighted by molar-refractivity contribution is 6.32. The maximum atomic E-state index is 11.8. The number of aromatic nitrogens is 4. The molecule has 0 atom stereocenters. The Balaban J connectivity index is 1.92. The molecule has 7 heteroatoms. The average Bonchev–Trinajstić information content (AvgIpc) is 3.19. The van der Waals surface area contributed by atoms with E-state index in [9.17, 15) is 4.79 Å². The van der Waals surface area contributed by atoms with E-state index < -0.39 is 5.97 Å². The van der Waals surface area contributed by atoms with Crippen LogP contribution in [0.15, 0.2) is 48.8 Å². The molecule has 0 amide bonds. The predicted molar refractivity (Wildman–Crippen MR) is 104 cm³/mol. The van der Waals surface area contributed by atoms with E-state index in [1.165, 1.54) is 7.11 Å². The van der Waals surface area contributed by atoms with Gasteiger partial charge >= 0.3 is 5.97 Å². The van der Waals surface area contributed by atoms with E-state index >= 15 is 0 Å². The highest BCUT2D eigenvalue weighted by Crippen LogP contribution is 2.36. The van der Waals surface area contributed by atoms with Gasteiger partial charge in [-0.25, -0.2) is 9.78 Å². The number of pyridine rings is 1. The van der Waals surface area contributed by atoms with E-state index in [1.807, 2.05) is 44.4 Å². The summed E-state index contributed by atoms with van der Waals surface area (Å²) in [6.45, 7) is 1.97. The fraction of sp³-hybridized carbons (Fsp3) is 0.150. The molecular formula is C20H17ClN4O2. The van der Waals surface area contributed by atoms with Gasteiger partial charge < -0.3 is 4.74 Å². The van der Waals surface area contributed by atoms with Crippen LogP contribution < -0.4 is 0 Å². The second-order valence-corrected chi connectivity index (χ2v) is 6.59.